The highest BCUT2D eigenvalue weighted by Gasteiger charge is 2.01. The van der Waals surface area contributed by atoms with E-state index in [0.29, 0.717) is 16.6 Å². The van der Waals surface area contributed by atoms with E-state index in [4.69, 9.17) is 23.2 Å². The van der Waals surface area contributed by atoms with Crippen molar-refractivity contribution in [3.8, 4) is 0 Å². The molecule has 0 unspecified atom stereocenters. The molecule has 0 atom stereocenters. The minimum Gasteiger partial charge on any atom is -0.381 e. The van der Waals surface area contributed by atoms with Crippen molar-refractivity contribution in [2.24, 2.45) is 0 Å². The average molecular weight is 309 g/mol. The van der Waals surface area contributed by atoms with Crippen LogP contribution in [0.15, 0.2) is 41.9 Å². The molecule has 0 aliphatic carbocycles. The van der Waals surface area contributed by atoms with Crippen molar-refractivity contribution >= 4 is 50.4 Å². The van der Waals surface area contributed by atoms with E-state index in [0.717, 1.165) is 16.8 Å². The van der Waals surface area contributed by atoms with Gasteiger partial charge in [-0.3, -0.25) is 0 Å². The first kappa shape index (κ1) is 12.7. The van der Waals surface area contributed by atoms with E-state index < -0.39 is 0 Å². The predicted molar refractivity (Wildman–Crippen MR) is 83.4 cm³/mol. The minimum atomic E-state index is 0.655. The van der Waals surface area contributed by atoms with E-state index in [1.165, 1.54) is 4.70 Å². The van der Waals surface area contributed by atoms with Crippen LogP contribution in [-0.4, -0.2) is 4.98 Å². The van der Waals surface area contributed by atoms with Gasteiger partial charge in [-0.15, -0.1) is 11.3 Å². The van der Waals surface area contributed by atoms with Gasteiger partial charge in [0.2, 0.25) is 0 Å². The molecular weight excluding hydrogens is 299 g/mol. The molecule has 0 radical (unpaired) electrons. The number of nitrogens with one attached hydrogen (secondary N) is 1. The van der Waals surface area contributed by atoms with E-state index >= 15 is 0 Å². The zero-order valence-corrected chi connectivity index (χ0v) is 12.2. The monoisotopic (exact) mass is 308 g/mol. The number of thiazole rings is 1. The van der Waals surface area contributed by atoms with Crippen LogP contribution < -0.4 is 5.32 Å². The first-order valence-corrected chi connectivity index (χ1v) is 7.36. The Morgan fingerprint density at radius 2 is 1.84 bits per heavy atom. The Hall–Kier alpha value is -1.29. The molecule has 0 spiro atoms. The highest BCUT2D eigenvalue weighted by molar-refractivity contribution is 7.16. The van der Waals surface area contributed by atoms with Crippen molar-refractivity contribution in [2.45, 2.75) is 6.54 Å². The summed E-state index contributed by atoms with van der Waals surface area (Å²) < 4.78 is 1.18. The van der Waals surface area contributed by atoms with Crippen LogP contribution in [0, 0.1) is 0 Å². The standard InChI is InChI=1S/C14H10Cl2N2S/c15-10-3-9(4-11(16)5-10)7-17-12-1-2-13-14(6-12)19-8-18-13/h1-6,8,17H,7H2. The lowest BCUT2D eigenvalue weighted by molar-refractivity contribution is 1.15. The number of aromatic nitrogens is 1. The largest absolute Gasteiger partial charge is 0.381 e. The first-order valence-electron chi connectivity index (χ1n) is 5.73. The molecule has 2 aromatic carbocycles. The van der Waals surface area contributed by atoms with Crippen LogP contribution in [0.4, 0.5) is 5.69 Å². The Kier molecular flexibility index (Phi) is 3.60. The van der Waals surface area contributed by atoms with Crippen LogP contribution in [0.5, 0.6) is 0 Å². The van der Waals surface area contributed by atoms with Gasteiger partial charge in [0, 0.05) is 22.3 Å². The fourth-order valence-corrected chi connectivity index (χ4v) is 3.17. The number of anilines is 1. The molecule has 0 amide bonds. The van der Waals surface area contributed by atoms with Crippen LogP contribution >= 0.6 is 34.5 Å². The Balaban J connectivity index is 1.77. The average Bonchev–Trinajstić information content (AvgIpc) is 2.82. The zero-order valence-electron chi connectivity index (χ0n) is 9.86. The summed E-state index contributed by atoms with van der Waals surface area (Å²) in [6.45, 7) is 0.685. The number of rotatable bonds is 3. The number of hydrogen-bond donors (Lipinski definition) is 1. The van der Waals surface area contributed by atoms with E-state index in [-0.39, 0.29) is 0 Å². The van der Waals surface area contributed by atoms with Crippen LogP contribution in [-0.2, 0) is 6.54 Å². The van der Waals surface area contributed by atoms with Gasteiger partial charge in [-0.1, -0.05) is 23.2 Å². The van der Waals surface area contributed by atoms with Gasteiger partial charge < -0.3 is 5.32 Å². The number of fused-ring (bicyclic) bond motifs is 1. The molecule has 19 heavy (non-hydrogen) atoms. The summed E-state index contributed by atoms with van der Waals surface area (Å²) in [6.07, 6.45) is 0. The van der Waals surface area contributed by atoms with Gasteiger partial charge in [0.15, 0.2) is 0 Å². The summed E-state index contributed by atoms with van der Waals surface area (Å²) in [5, 5.41) is 4.67. The van der Waals surface area contributed by atoms with E-state index in [1.54, 1.807) is 17.4 Å². The molecule has 0 aliphatic rings. The lowest BCUT2D eigenvalue weighted by atomic mass is 10.2. The summed E-state index contributed by atoms with van der Waals surface area (Å²) in [7, 11) is 0. The van der Waals surface area contributed by atoms with Crippen molar-refractivity contribution in [3.05, 3.63) is 57.5 Å². The summed E-state index contributed by atoms with van der Waals surface area (Å²) in [5.41, 5.74) is 5.00. The highest BCUT2D eigenvalue weighted by Crippen LogP contribution is 2.23. The van der Waals surface area contributed by atoms with Crippen molar-refractivity contribution < 1.29 is 0 Å². The molecule has 1 heterocycles. The van der Waals surface area contributed by atoms with Crippen molar-refractivity contribution in [1.29, 1.82) is 0 Å². The van der Waals surface area contributed by atoms with Crippen LogP contribution in [0.3, 0.4) is 0 Å². The Bertz CT molecular complexity index is 704. The second kappa shape index (κ2) is 5.37. The SMILES string of the molecule is Clc1cc(Cl)cc(CNc2ccc3ncsc3c2)c1. The maximum Gasteiger partial charge on any atom is 0.0813 e. The number of benzene rings is 2. The maximum absolute atomic E-state index is 5.98. The van der Waals surface area contributed by atoms with Crippen LogP contribution in [0.1, 0.15) is 5.56 Å². The van der Waals surface area contributed by atoms with Crippen molar-refractivity contribution in [2.75, 3.05) is 5.32 Å². The van der Waals surface area contributed by atoms with Crippen molar-refractivity contribution in [3.63, 3.8) is 0 Å². The second-order valence-electron chi connectivity index (χ2n) is 4.17. The smallest absolute Gasteiger partial charge is 0.0813 e. The normalized spacial score (nSPS) is 10.8. The molecule has 0 aliphatic heterocycles. The Morgan fingerprint density at radius 3 is 2.63 bits per heavy atom. The molecule has 0 saturated heterocycles. The van der Waals surface area contributed by atoms with Gasteiger partial charge in [0.1, 0.15) is 0 Å². The molecule has 2 nitrogen and oxygen atoms in total. The fraction of sp³-hybridized carbons (Fsp3) is 0.0714. The zero-order chi connectivity index (χ0) is 13.2. The van der Waals surface area contributed by atoms with Gasteiger partial charge in [-0.2, -0.15) is 0 Å². The number of hydrogen-bond acceptors (Lipinski definition) is 3. The lowest BCUT2D eigenvalue weighted by Crippen LogP contribution is -1.99. The lowest BCUT2D eigenvalue weighted by Gasteiger charge is -2.07. The topological polar surface area (TPSA) is 24.9 Å². The molecule has 3 aromatic rings. The molecule has 5 heteroatoms. The van der Waals surface area contributed by atoms with E-state index in [1.807, 2.05) is 29.8 Å². The van der Waals surface area contributed by atoms with Gasteiger partial charge in [-0.05, 0) is 42.0 Å². The first-order chi connectivity index (χ1) is 9.20. The predicted octanol–water partition coefficient (Wildman–Crippen LogP) is 5.22. The molecule has 0 bridgehead atoms. The molecule has 3 rings (SSSR count). The van der Waals surface area contributed by atoms with Crippen LogP contribution in [0.25, 0.3) is 10.2 Å². The molecular formula is C14H10Cl2N2S. The maximum atomic E-state index is 5.98. The molecule has 0 saturated carbocycles. The van der Waals surface area contributed by atoms with Gasteiger partial charge in [-0.25, -0.2) is 4.98 Å². The Labute approximate surface area is 125 Å². The molecule has 1 N–H and O–H groups in total. The number of halogens is 2. The summed E-state index contributed by atoms with van der Waals surface area (Å²) in [4.78, 5) is 4.26. The fourth-order valence-electron chi connectivity index (χ4n) is 1.88. The minimum absolute atomic E-state index is 0.655. The second-order valence-corrected chi connectivity index (χ2v) is 5.93. The van der Waals surface area contributed by atoms with E-state index in [9.17, 15) is 0 Å². The third kappa shape index (κ3) is 3.00. The van der Waals surface area contributed by atoms with Gasteiger partial charge in [0.25, 0.3) is 0 Å². The van der Waals surface area contributed by atoms with Crippen molar-refractivity contribution in [1.82, 2.24) is 4.98 Å². The number of nitrogens with zero attached hydrogens (tertiary/aromatic N) is 1. The van der Waals surface area contributed by atoms with Gasteiger partial charge >= 0.3 is 0 Å². The summed E-state index contributed by atoms with van der Waals surface area (Å²) >= 11 is 13.6. The molecule has 96 valence electrons. The third-order valence-electron chi connectivity index (χ3n) is 2.75. The summed E-state index contributed by atoms with van der Waals surface area (Å²) in [5.74, 6) is 0. The van der Waals surface area contributed by atoms with E-state index in [2.05, 4.69) is 16.4 Å². The van der Waals surface area contributed by atoms with Crippen LogP contribution in [0.2, 0.25) is 10.0 Å². The van der Waals surface area contributed by atoms with Gasteiger partial charge in [0.05, 0.1) is 15.7 Å². The Morgan fingerprint density at radius 1 is 1.05 bits per heavy atom. The summed E-state index contributed by atoms with van der Waals surface area (Å²) in [6, 6.07) is 11.7. The quantitative estimate of drug-likeness (QED) is 0.718. The third-order valence-corrected chi connectivity index (χ3v) is 3.98. The highest BCUT2D eigenvalue weighted by atomic mass is 35.5. The molecule has 0 fully saturated rings. The molecule has 1 aromatic heterocycles.